The highest BCUT2D eigenvalue weighted by molar-refractivity contribution is 5.80. The van der Waals surface area contributed by atoms with Crippen LogP contribution in [0.1, 0.15) is 18.4 Å². The second-order valence-corrected chi connectivity index (χ2v) is 6.23. The van der Waals surface area contributed by atoms with Gasteiger partial charge in [0.1, 0.15) is 0 Å². The van der Waals surface area contributed by atoms with E-state index in [4.69, 9.17) is 4.52 Å². The second kappa shape index (κ2) is 4.74. The predicted molar refractivity (Wildman–Crippen MR) is 79.5 cm³/mol. The van der Waals surface area contributed by atoms with Crippen LogP contribution in [-0.4, -0.2) is 29.7 Å². The molecule has 0 N–H and O–H groups in total. The van der Waals surface area contributed by atoms with Gasteiger partial charge >= 0.3 is 0 Å². The maximum Gasteiger partial charge on any atom is 0.167 e. The molecule has 0 radical (unpaired) electrons. The number of benzene rings is 1. The monoisotopic (exact) mass is 268 g/mol. The summed E-state index contributed by atoms with van der Waals surface area (Å²) in [6.07, 6.45) is 5.48. The van der Waals surface area contributed by atoms with Gasteiger partial charge in [0.05, 0.1) is 6.20 Å². The Bertz CT molecular complexity index is 637. The van der Waals surface area contributed by atoms with Gasteiger partial charge in [-0.05, 0) is 55.8 Å². The molecule has 3 heteroatoms. The largest absolute Gasteiger partial charge is 0.356 e. The zero-order valence-electron chi connectivity index (χ0n) is 11.7. The van der Waals surface area contributed by atoms with E-state index in [9.17, 15) is 0 Å². The zero-order valence-corrected chi connectivity index (χ0v) is 11.7. The van der Waals surface area contributed by atoms with E-state index < -0.39 is 0 Å². The summed E-state index contributed by atoms with van der Waals surface area (Å²) in [6.45, 7) is 8.19. The Kier molecular flexibility index (Phi) is 2.88. The van der Waals surface area contributed by atoms with Crippen LogP contribution in [0.3, 0.4) is 0 Å². The van der Waals surface area contributed by atoms with Gasteiger partial charge in [0.2, 0.25) is 0 Å². The molecule has 3 fully saturated rings. The van der Waals surface area contributed by atoms with Crippen molar-refractivity contribution in [2.45, 2.75) is 19.3 Å². The number of aromatic nitrogens is 1. The normalized spacial score (nSPS) is 28.9. The van der Waals surface area contributed by atoms with Crippen LogP contribution in [0.25, 0.3) is 11.0 Å². The van der Waals surface area contributed by atoms with Crippen LogP contribution in [0.5, 0.6) is 0 Å². The van der Waals surface area contributed by atoms with Crippen molar-refractivity contribution in [1.82, 2.24) is 10.1 Å². The SMILES string of the molecule is C=C(Cc1cccc2oncc12)C1CN2CCC1CC2. The molecule has 1 aromatic heterocycles. The average molecular weight is 268 g/mol. The Balaban J connectivity index is 1.57. The van der Waals surface area contributed by atoms with Crippen LogP contribution in [0.2, 0.25) is 0 Å². The first-order valence-corrected chi connectivity index (χ1v) is 7.53. The summed E-state index contributed by atoms with van der Waals surface area (Å²) in [5.74, 6) is 1.53. The topological polar surface area (TPSA) is 29.3 Å². The van der Waals surface area contributed by atoms with Gasteiger partial charge in [0.25, 0.3) is 0 Å². The third kappa shape index (κ3) is 1.97. The first-order valence-electron chi connectivity index (χ1n) is 7.53. The number of hydrogen-bond acceptors (Lipinski definition) is 3. The van der Waals surface area contributed by atoms with E-state index in [0.717, 1.165) is 23.3 Å². The molecule has 1 atom stereocenters. The quantitative estimate of drug-likeness (QED) is 0.800. The Labute approximate surface area is 119 Å². The van der Waals surface area contributed by atoms with E-state index >= 15 is 0 Å². The summed E-state index contributed by atoms with van der Waals surface area (Å²) in [4.78, 5) is 2.59. The van der Waals surface area contributed by atoms with E-state index in [1.807, 2.05) is 18.3 Å². The van der Waals surface area contributed by atoms with Crippen LogP contribution in [0.15, 0.2) is 41.1 Å². The molecule has 3 aliphatic rings. The standard InChI is InChI=1S/C17H20N2O/c1-12(16-11-19-7-5-13(16)6-8-19)9-14-3-2-4-17-15(14)10-18-20-17/h2-4,10,13,16H,1,5-9,11H2. The minimum absolute atomic E-state index is 0.674. The van der Waals surface area contributed by atoms with Crippen LogP contribution in [-0.2, 0) is 6.42 Å². The van der Waals surface area contributed by atoms with Crippen molar-refractivity contribution in [2.75, 3.05) is 19.6 Å². The summed E-state index contributed by atoms with van der Waals surface area (Å²) in [6, 6.07) is 6.20. The average Bonchev–Trinajstić information content (AvgIpc) is 2.98. The molecule has 1 unspecified atom stereocenters. The smallest absolute Gasteiger partial charge is 0.167 e. The van der Waals surface area contributed by atoms with Gasteiger partial charge in [0.15, 0.2) is 5.58 Å². The molecule has 1 aromatic carbocycles. The van der Waals surface area contributed by atoms with Crippen LogP contribution in [0, 0.1) is 11.8 Å². The van der Waals surface area contributed by atoms with Crippen LogP contribution < -0.4 is 0 Å². The molecular formula is C17H20N2O. The number of hydrogen-bond donors (Lipinski definition) is 0. The molecule has 0 aliphatic carbocycles. The van der Waals surface area contributed by atoms with Crippen molar-refractivity contribution in [3.63, 3.8) is 0 Å². The van der Waals surface area contributed by atoms with Crippen LogP contribution in [0.4, 0.5) is 0 Å². The Morgan fingerprint density at radius 2 is 2.20 bits per heavy atom. The predicted octanol–water partition coefficient (Wildman–Crippen LogP) is 3.27. The molecule has 2 aromatic rings. The molecule has 0 spiro atoms. The molecule has 20 heavy (non-hydrogen) atoms. The van der Waals surface area contributed by atoms with Gasteiger partial charge in [0, 0.05) is 11.9 Å². The molecule has 3 nitrogen and oxygen atoms in total. The highest BCUT2D eigenvalue weighted by Crippen LogP contribution is 2.37. The van der Waals surface area contributed by atoms with Crippen molar-refractivity contribution < 1.29 is 4.52 Å². The Hall–Kier alpha value is -1.61. The molecule has 3 aliphatic heterocycles. The summed E-state index contributed by atoms with van der Waals surface area (Å²) in [5.41, 5.74) is 3.56. The van der Waals surface area contributed by atoms with Crippen molar-refractivity contribution >= 4 is 11.0 Å². The lowest BCUT2D eigenvalue weighted by Crippen LogP contribution is -2.48. The summed E-state index contributed by atoms with van der Waals surface area (Å²) < 4.78 is 5.25. The van der Waals surface area contributed by atoms with Crippen molar-refractivity contribution in [3.05, 3.63) is 42.1 Å². The summed E-state index contributed by atoms with van der Waals surface area (Å²) >= 11 is 0. The van der Waals surface area contributed by atoms with Gasteiger partial charge < -0.3 is 9.42 Å². The van der Waals surface area contributed by atoms with E-state index in [1.54, 1.807) is 0 Å². The van der Waals surface area contributed by atoms with Crippen molar-refractivity contribution in [3.8, 4) is 0 Å². The number of nitrogens with zero attached hydrogens (tertiary/aromatic N) is 2. The second-order valence-electron chi connectivity index (χ2n) is 6.23. The van der Waals surface area contributed by atoms with Gasteiger partial charge in [-0.1, -0.05) is 29.4 Å². The Morgan fingerprint density at radius 1 is 1.35 bits per heavy atom. The first kappa shape index (κ1) is 12.2. The third-order valence-electron chi connectivity index (χ3n) is 5.09. The van der Waals surface area contributed by atoms with Gasteiger partial charge in [-0.15, -0.1) is 0 Å². The highest BCUT2D eigenvalue weighted by atomic mass is 16.5. The molecular weight excluding hydrogens is 248 g/mol. The fourth-order valence-electron chi connectivity index (χ4n) is 3.91. The van der Waals surface area contributed by atoms with E-state index in [-0.39, 0.29) is 0 Å². The molecule has 2 bridgehead atoms. The minimum atomic E-state index is 0.674. The third-order valence-corrected chi connectivity index (χ3v) is 5.09. The molecule has 0 saturated carbocycles. The van der Waals surface area contributed by atoms with Crippen molar-refractivity contribution in [1.29, 1.82) is 0 Å². The maximum absolute atomic E-state index is 5.25. The lowest BCUT2D eigenvalue weighted by molar-refractivity contribution is 0.0675. The van der Waals surface area contributed by atoms with Gasteiger partial charge in [-0.2, -0.15) is 0 Å². The molecule has 0 amide bonds. The first-order chi connectivity index (χ1) is 9.81. The zero-order chi connectivity index (χ0) is 13.5. The van der Waals surface area contributed by atoms with E-state index in [1.165, 1.54) is 43.6 Å². The minimum Gasteiger partial charge on any atom is -0.356 e. The molecule has 104 valence electrons. The highest BCUT2D eigenvalue weighted by Gasteiger charge is 2.35. The molecule has 3 saturated heterocycles. The van der Waals surface area contributed by atoms with Gasteiger partial charge in [-0.25, -0.2) is 0 Å². The number of rotatable bonds is 3. The lowest BCUT2D eigenvalue weighted by atomic mass is 9.74. The summed E-state index contributed by atoms with van der Waals surface area (Å²) in [7, 11) is 0. The molecule has 4 heterocycles. The molecule has 5 rings (SSSR count). The fourth-order valence-corrected chi connectivity index (χ4v) is 3.91. The van der Waals surface area contributed by atoms with E-state index in [2.05, 4.69) is 22.7 Å². The van der Waals surface area contributed by atoms with Crippen LogP contribution >= 0.6 is 0 Å². The lowest BCUT2D eigenvalue weighted by Gasteiger charge is -2.45. The number of piperidine rings is 3. The van der Waals surface area contributed by atoms with E-state index in [0.29, 0.717) is 5.92 Å². The Morgan fingerprint density at radius 3 is 2.95 bits per heavy atom. The van der Waals surface area contributed by atoms with Gasteiger partial charge in [-0.3, -0.25) is 0 Å². The van der Waals surface area contributed by atoms with Crippen molar-refractivity contribution in [2.24, 2.45) is 11.8 Å². The maximum atomic E-state index is 5.25. The fraction of sp³-hybridized carbons (Fsp3) is 0.471. The number of fused-ring (bicyclic) bond motifs is 4. The summed E-state index contributed by atoms with van der Waals surface area (Å²) in [5, 5.41) is 5.04.